The van der Waals surface area contributed by atoms with E-state index in [4.69, 9.17) is 0 Å². The molecule has 0 aromatic heterocycles. The first kappa shape index (κ1) is 19.2. The number of halogens is 1. The van der Waals surface area contributed by atoms with Crippen LogP contribution in [0.5, 0.6) is 0 Å². The van der Waals surface area contributed by atoms with E-state index in [1.165, 1.54) is 32.1 Å². The Morgan fingerprint density at radius 2 is 1.78 bits per heavy atom. The van der Waals surface area contributed by atoms with Crippen LogP contribution in [0.15, 0.2) is 4.99 Å². The average molecular weight is 436 g/mol. The Kier molecular flexibility index (Phi) is 6.98. The third-order valence-corrected chi connectivity index (χ3v) is 6.02. The van der Waals surface area contributed by atoms with Crippen LogP contribution < -0.4 is 10.6 Å². The summed E-state index contributed by atoms with van der Waals surface area (Å²) >= 11 is 0. The highest BCUT2D eigenvalue weighted by Gasteiger charge is 2.36. The van der Waals surface area contributed by atoms with E-state index in [2.05, 4.69) is 27.6 Å². The quantitative estimate of drug-likeness (QED) is 0.360. The Balaban J connectivity index is 0.00000192. The molecule has 0 radical (unpaired) electrons. The van der Waals surface area contributed by atoms with Crippen LogP contribution in [-0.2, 0) is 0 Å². The number of fused-ring (bicyclic) bond motifs is 2. The molecule has 0 aromatic carbocycles. The summed E-state index contributed by atoms with van der Waals surface area (Å²) in [5.41, 5.74) is -0.527. The monoisotopic (exact) mass is 436 g/mol. The third kappa shape index (κ3) is 4.72. The molecule has 2 unspecified atom stereocenters. The zero-order valence-electron chi connectivity index (χ0n) is 14.6. The van der Waals surface area contributed by atoms with Crippen LogP contribution in [0.25, 0.3) is 0 Å². The number of hydrogen-bond donors (Lipinski definition) is 3. The lowest BCUT2D eigenvalue weighted by molar-refractivity contribution is 0.0488. The maximum atomic E-state index is 10.5. The highest BCUT2D eigenvalue weighted by Crippen LogP contribution is 2.32. The summed E-state index contributed by atoms with van der Waals surface area (Å²) in [6.07, 6.45) is 10.6. The second kappa shape index (κ2) is 8.34. The van der Waals surface area contributed by atoms with Crippen LogP contribution in [0, 0.1) is 0 Å². The van der Waals surface area contributed by atoms with E-state index in [0.29, 0.717) is 12.6 Å². The van der Waals surface area contributed by atoms with E-state index in [0.717, 1.165) is 43.7 Å². The molecule has 5 nitrogen and oxygen atoms in total. The molecule has 3 fully saturated rings. The maximum absolute atomic E-state index is 10.5. The van der Waals surface area contributed by atoms with Crippen molar-refractivity contribution in [1.82, 2.24) is 15.5 Å². The van der Waals surface area contributed by atoms with Crippen molar-refractivity contribution in [3.8, 4) is 0 Å². The van der Waals surface area contributed by atoms with Gasteiger partial charge < -0.3 is 20.6 Å². The molecule has 6 heteroatoms. The van der Waals surface area contributed by atoms with E-state index in [9.17, 15) is 5.11 Å². The third-order valence-electron chi connectivity index (χ3n) is 6.02. The number of aliphatic imine (C=N–C) groups is 1. The average Bonchev–Trinajstić information content (AvgIpc) is 2.91. The molecular weight excluding hydrogens is 403 g/mol. The van der Waals surface area contributed by atoms with Crippen LogP contribution in [0.3, 0.4) is 0 Å². The lowest BCUT2D eigenvalue weighted by Gasteiger charge is -2.47. The standard InChI is InChI=1S/C17H32N4O.HI/c1-18-16(19-12-17(22)8-3-4-9-17)20-13-10-14-6-5-7-15(11-13)21(14)2;/h13-15,22H,3-12H2,1-2H3,(H2,18,19,20);1H. The van der Waals surface area contributed by atoms with Gasteiger partial charge >= 0.3 is 0 Å². The first-order chi connectivity index (χ1) is 10.6. The molecule has 1 aliphatic carbocycles. The fourth-order valence-corrected chi connectivity index (χ4v) is 4.58. The van der Waals surface area contributed by atoms with Crippen molar-refractivity contribution in [3.63, 3.8) is 0 Å². The Labute approximate surface area is 157 Å². The summed E-state index contributed by atoms with van der Waals surface area (Å²) in [4.78, 5) is 6.94. The van der Waals surface area contributed by atoms with Crippen molar-refractivity contribution in [1.29, 1.82) is 0 Å². The van der Waals surface area contributed by atoms with Gasteiger partial charge in [-0.15, -0.1) is 24.0 Å². The lowest BCUT2D eigenvalue weighted by Crippen LogP contribution is -2.57. The first-order valence-corrected chi connectivity index (χ1v) is 9.01. The predicted octanol–water partition coefficient (Wildman–Crippen LogP) is 2.09. The minimum Gasteiger partial charge on any atom is -0.388 e. The van der Waals surface area contributed by atoms with Gasteiger partial charge in [0.1, 0.15) is 0 Å². The fraction of sp³-hybridized carbons (Fsp3) is 0.941. The summed E-state index contributed by atoms with van der Waals surface area (Å²) in [6.45, 7) is 0.617. The number of aliphatic hydroxyl groups is 1. The van der Waals surface area contributed by atoms with Crippen molar-refractivity contribution in [2.45, 2.75) is 81.5 Å². The smallest absolute Gasteiger partial charge is 0.191 e. The second-order valence-electron chi connectivity index (χ2n) is 7.57. The van der Waals surface area contributed by atoms with Gasteiger partial charge in [-0.3, -0.25) is 4.99 Å². The molecule has 0 aromatic rings. The first-order valence-electron chi connectivity index (χ1n) is 9.01. The minimum atomic E-state index is -0.527. The van der Waals surface area contributed by atoms with Crippen molar-refractivity contribution in [2.24, 2.45) is 4.99 Å². The summed E-state index contributed by atoms with van der Waals surface area (Å²) in [5, 5.41) is 17.4. The van der Waals surface area contributed by atoms with Crippen molar-refractivity contribution >= 4 is 29.9 Å². The molecule has 2 atom stereocenters. The number of rotatable bonds is 3. The van der Waals surface area contributed by atoms with Gasteiger partial charge in [0, 0.05) is 31.7 Å². The molecule has 0 spiro atoms. The number of hydrogen-bond acceptors (Lipinski definition) is 3. The van der Waals surface area contributed by atoms with Gasteiger partial charge in [-0.2, -0.15) is 0 Å². The number of nitrogens with zero attached hydrogens (tertiary/aromatic N) is 2. The van der Waals surface area contributed by atoms with Crippen LogP contribution in [0.1, 0.15) is 57.8 Å². The van der Waals surface area contributed by atoms with Crippen molar-refractivity contribution in [2.75, 3.05) is 20.6 Å². The normalized spacial score (nSPS) is 33.9. The molecule has 2 heterocycles. The van der Waals surface area contributed by atoms with E-state index in [1.807, 2.05) is 7.05 Å². The van der Waals surface area contributed by atoms with E-state index in [1.54, 1.807) is 0 Å². The summed E-state index contributed by atoms with van der Waals surface area (Å²) < 4.78 is 0. The van der Waals surface area contributed by atoms with Crippen molar-refractivity contribution < 1.29 is 5.11 Å². The minimum absolute atomic E-state index is 0. The molecule has 3 rings (SSSR count). The van der Waals surface area contributed by atoms with Gasteiger partial charge in [-0.05, 0) is 45.6 Å². The number of piperidine rings is 2. The topological polar surface area (TPSA) is 59.9 Å². The summed E-state index contributed by atoms with van der Waals surface area (Å²) in [5.74, 6) is 0.855. The number of guanidine groups is 1. The molecular formula is C17H33IN4O. The summed E-state index contributed by atoms with van der Waals surface area (Å²) in [6, 6.07) is 1.96. The van der Waals surface area contributed by atoms with Crippen LogP contribution in [-0.4, -0.2) is 60.3 Å². The Hall–Kier alpha value is -0.0800. The molecule has 3 aliphatic rings. The van der Waals surface area contributed by atoms with Gasteiger partial charge in [-0.1, -0.05) is 19.3 Å². The van der Waals surface area contributed by atoms with E-state index >= 15 is 0 Å². The predicted molar refractivity (Wildman–Crippen MR) is 106 cm³/mol. The SMILES string of the molecule is CN=C(NCC1(O)CCCC1)NC1CC2CCCC(C1)N2C.I. The molecule has 2 aliphatic heterocycles. The highest BCUT2D eigenvalue weighted by molar-refractivity contribution is 14.0. The molecule has 134 valence electrons. The van der Waals surface area contributed by atoms with Crippen LogP contribution >= 0.6 is 24.0 Å². The van der Waals surface area contributed by atoms with Crippen LogP contribution in [0.4, 0.5) is 0 Å². The van der Waals surface area contributed by atoms with Gasteiger partial charge in [0.05, 0.1) is 5.60 Å². The molecule has 1 saturated carbocycles. The molecule has 23 heavy (non-hydrogen) atoms. The zero-order valence-corrected chi connectivity index (χ0v) is 16.9. The summed E-state index contributed by atoms with van der Waals surface area (Å²) in [7, 11) is 4.11. The second-order valence-corrected chi connectivity index (χ2v) is 7.57. The Morgan fingerprint density at radius 1 is 1.17 bits per heavy atom. The zero-order chi connectivity index (χ0) is 15.6. The molecule has 2 bridgehead atoms. The highest BCUT2D eigenvalue weighted by atomic mass is 127. The van der Waals surface area contributed by atoms with Crippen LogP contribution in [0.2, 0.25) is 0 Å². The fourth-order valence-electron chi connectivity index (χ4n) is 4.58. The number of nitrogens with one attached hydrogen (secondary N) is 2. The van der Waals surface area contributed by atoms with Gasteiger partial charge in [0.2, 0.25) is 0 Å². The molecule has 0 amide bonds. The Morgan fingerprint density at radius 3 is 2.35 bits per heavy atom. The van der Waals surface area contributed by atoms with Crippen molar-refractivity contribution in [3.05, 3.63) is 0 Å². The Bertz CT molecular complexity index is 397. The van der Waals surface area contributed by atoms with E-state index in [-0.39, 0.29) is 24.0 Å². The lowest BCUT2D eigenvalue weighted by atomic mass is 9.82. The maximum Gasteiger partial charge on any atom is 0.191 e. The van der Waals surface area contributed by atoms with Gasteiger partial charge in [0.25, 0.3) is 0 Å². The molecule has 3 N–H and O–H groups in total. The van der Waals surface area contributed by atoms with E-state index < -0.39 is 5.60 Å². The van der Waals surface area contributed by atoms with Gasteiger partial charge in [0.15, 0.2) is 5.96 Å². The molecule has 2 saturated heterocycles. The van der Waals surface area contributed by atoms with Gasteiger partial charge in [-0.25, -0.2) is 0 Å². The largest absolute Gasteiger partial charge is 0.388 e.